The lowest BCUT2D eigenvalue weighted by molar-refractivity contribution is 0.149. The number of nitrogens with one attached hydrogen (secondary N) is 1. The molecule has 3 heteroatoms. The molecular formula is C15H23NO2. The highest BCUT2D eigenvalue weighted by Crippen LogP contribution is 2.36. The largest absolute Gasteiger partial charge is 0.495 e. The molecule has 3 nitrogen and oxygen atoms in total. The van der Waals surface area contributed by atoms with Crippen molar-refractivity contribution in [3.63, 3.8) is 0 Å². The van der Waals surface area contributed by atoms with Gasteiger partial charge in [-0.2, -0.15) is 0 Å². The van der Waals surface area contributed by atoms with Crippen LogP contribution < -0.4 is 10.1 Å². The lowest BCUT2D eigenvalue weighted by atomic mass is 9.76. The number of aliphatic hydroxyl groups is 1. The number of rotatable bonds is 4. The summed E-state index contributed by atoms with van der Waals surface area (Å²) in [5.41, 5.74) is 0.787. The second kappa shape index (κ2) is 5.61. The van der Waals surface area contributed by atoms with E-state index in [2.05, 4.69) is 12.2 Å². The van der Waals surface area contributed by atoms with Gasteiger partial charge in [-0.25, -0.2) is 0 Å². The fourth-order valence-corrected chi connectivity index (χ4v) is 2.99. The first-order valence-corrected chi connectivity index (χ1v) is 6.71. The summed E-state index contributed by atoms with van der Waals surface area (Å²) in [5, 5.41) is 13.3. The van der Waals surface area contributed by atoms with Crippen LogP contribution in [0, 0.1) is 5.92 Å². The van der Waals surface area contributed by atoms with Crippen LogP contribution in [0.25, 0.3) is 0 Å². The average Bonchev–Trinajstić information content (AvgIpc) is 2.39. The van der Waals surface area contributed by atoms with E-state index in [-0.39, 0.29) is 12.1 Å². The second-order valence-electron chi connectivity index (χ2n) is 5.47. The number of hydrogen-bond acceptors (Lipinski definition) is 3. The van der Waals surface area contributed by atoms with Crippen LogP contribution in [0.4, 0.5) is 5.69 Å². The molecule has 1 aromatic rings. The lowest BCUT2D eigenvalue weighted by Crippen LogP contribution is -2.45. The summed E-state index contributed by atoms with van der Waals surface area (Å²) < 4.78 is 5.36. The van der Waals surface area contributed by atoms with Crippen molar-refractivity contribution >= 4 is 5.69 Å². The normalized spacial score (nSPS) is 27.8. The monoisotopic (exact) mass is 249 g/mol. The van der Waals surface area contributed by atoms with Crippen LogP contribution in [-0.2, 0) is 0 Å². The first-order valence-electron chi connectivity index (χ1n) is 6.71. The second-order valence-corrected chi connectivity index (χ2v) is 5.47. The van der Waals surface area contributed by atoms with Gasteiger partial charge in [-0.1, -0.05) is 31.9 Å². The summed E-state index contributed by atoms with van der Waals surface area (Å²) in [6.07, 6.45) is 4.46. The third-order valence-electron chi connectivity index (χ3n) is 3.90. The molecule has 2 unspecified atom stereocenters. The van der Waals surface area contributed by atoms with Crippen LogP contribution in [-0.4, -0.2) is 24.4 Å². The number of para-hydroxylation sites is 2. The fourth-order valence-electron chi connectivity index (χ4n) is 2.99. The Balaban J connectivity index is 2.19. The summed E-state index contributed by atoms with van der Waals surface area (Å²) in [6, 6.07) is 7.90. The molecule has 18 heavy (non-hydrogen) atoms. The van der Waals surface area contributed by atoms with Crippen molar-refractivity contribution in [1.82, 2.24) is 0 Å². The maximum atomic E-state index is 9.78. The minimum absolute atomic E-state index is 0.176. The summed E-state index contributed by atoms with van der Waals surface area (Å²) in [5.74, 6) is 1.50. The van der Waals surface area contributed by atoms with Crippen molar-refractivity contribution in [2.45, 2.75) is 38.1 Å². The van der Waals surface area contributed by atoms with Gasteiger partial charge in [-0.15, -0.1) is 0 Å². The molecule has 0 aliphatic heterocycles. The van der Waals surface area contributed by atoms with E-state index >= 15 is 0 Å². The molecule has 1 aromatic carbocycles. The van der Waals surface area contributed by atoms with Gasteiger partial charge in [0.2, 0.25) is 0 Å². The average molecular weight is 249 g/mol. The molecule has 2 rings (SSSR count). The number of methoxy groups -OCH3 is 1. The zero-order valence-electron chi connectivity index (χ0n) is 11.3. The van der Waals surface area contributed by atoms with Gasteiger partial charge in [-0.3, -0.25) is 0 Å². The highest BCUT2D eigenvalue weighted by Gasteiger charge is 2.34. The van der Waals surface area contributed by atoms with E-state index in [1.807, 2.05) is 24.3 Å². The fraction of sp³-hybridized carbons (Fsp3) is 0.600. The zero-order valence-corrected chi connectivity index (χ0v) is 11.3. The molecule has 0 bridgehead atoms. The molecule has 1 aliphatic carbocycles. The predicted molar refractivity (Wildman–Crippen MR) is 74.1 cm³/mol. The van der Waals surface area contributed by atoms with Crippen molar-refractivity contribution in [2.24, 2.45) is 5.92 Å². The molecule has 1 saturated carbocycles. The molecule has 0 amide bonds. The first kappa shape index (κ1) is 13.2. The van der Waals surface area contributed by atoms with Crippen LogP contribution in [0.2, 0.25) is 0 Å². The summed E-state index contributed by atoms with van der Waals surface area (Å²) in [6.45, 7) is 2.43. The van der Waals surface area contributed by atoms with Gasteiger partial charge in [0.25, 0.3) is 0 Å². The van der Waals surface area contributed by atoms with E-state index in [0.717, 1.165) is 24.3 Å². The van der Waals surface area contributed by atoms with Crippen molar-refractivity contribution < 1.29 is 9.84 Å². The maximum absolute atomic E-state index is 9.78. The van der Waals surface area contributed by atoms with Crippen LogP contribution in [0.1, 0.15) is 32.6 Å². The molecular weight excluding hydrogens is 226 g/mol. The van der Waals surface area contributed by atoms with Crippen LogP contribution in [0.5, 0.6) is 5.75 Å². The van der Waals surface area contributed by atoms with Crippen molar-refractivity contribution in [2.75, 3.05) is 19.0 Å². The van der Waals surface area contributed by atoms with Crippen LogP contribution >= 0.6 is 0 Å². The highest BCUT2D eigenvalue weighted by molar-refractivity contribution is 5.57. The smallest absolute Gasteiger partial charge is 0.141 e. The topological polar surface area (TPSA) is 41.5 Å². The van der Waals surface area contributed by atoms with Crippen molar-refractivity contribution in [3.05, 3.63) is 24.3 Å². The third-order valence-corrected chi connectivity index (χ3v) is 3.90. The molecule has 2 atom stereocenters. The minimum atomic E-state index is -0.188. The van der Waals surface area contributed by atoms with E-state index in [1.165, 1.54) is 12.8 Å². The Hall–Kier alpha value is -1.22. The summed E-state index contributed by atoms with van der Waals surface area (Å²) in [4.78, 5) is 0. The third kappa shape index (κ3) is 2.78. The Morgan fingerprint density at radius 2 is 2.22 bits per heavy atom. The number of anilines is 1. The molecule has 0 saturated heterocycles. The summed E-state index contributed by atoms with van der Waals surface area (Å²) >= 11 is 0. The number of aliphatic hydroxyl groups excluding tert-OH is 1. The maximum Gasteiger partial charge on any atom is 0.141 e. The van der Waals surface area contributed by atoms with E-state index < -0.39 is 0 Å². The van der Waals surface area contributed by atoms with Gasteiger partial charge < -0.3 is 15.2 Å². The standard InChI is InChI=1S/C15H23NO2/c1-12-6-5-9-15(10-12,11-17)16-13-7-3-4-8-14(13)18-2/h3-4,7-8,12,16-17H,5-6,9-11H2,1-2H3. The van der Waals surface area contributed by atoms with Gasteiger partial charge in [0.05, 0.1) is 24.9 Å². The molecule has 2 N–H and O–H groups in total. The Labute approximate surface area is 109 Å². The number of ether oxygens (including phenoxy) is 1. The molecule has 1 fully saturated rings. The first-order chi connectivity index (χ1) is 8.69. The van der Waals surface area contributed by atoms with E-state index in [0.29, 0.717) is 5.92 Å². The van der Waals surface area contributed by atoms with Gasteiger partial charge in [0, 0.05) is 0 Å². The van der Waals surface area contributed by atoms with Gasteiger partial charge in [-0.05, 0) is 30.9 Å². The van der Waals surface area contributed by atoms with Crippen LogP contribution in [0.3, 0.4) is 0 Å². The van der Waals surface area contributed by atoms with Crippen LogP contribution in [0.15, 0.2) is 24.3 Å². The van der Waals surface area contributed by atoms with Crippen molar-refractivity contribution in [1.29, 1.82) is 0 Å². The molecule has 0 spiro atoms. The molecule has 0 heterocycles. The number of hydrogen-bond donors (Lipinski definition) is 2. The van der Waals surface area contributed by atoms with E-state index in [1.54, 1.807) is 7.11 Å². The SMILES string of the molecule is COc1ccccc1NC1(CO)CCCC(C)C1. The van der Waals surface area contributed by atoms with Gasteiger partial charge >= 0.3 is 0 Å². The van der Waals surface area contributed by atoms with Gasteiger partial charge in [0.1, 0.15) is 5.75 Å². The number of benzene rings is 1. The highest BCUT2D eigenvalue weighted by atomic mass is 16.5. The lowest BCUT2D eigenvalue weighted by Gasteiger charge is -2.40. The molecule has 0 aromatic heterocycles. The van der Waals surface area contributed by atoms with E-state index in [4.69, 9.17) is 4.74 Å². The Morgan fingerprint density at radius 1 is 1.44 bits per heavy atom. The molecule has 0 radical (unpaired) electrons. The predicted octanol–water partition coefficient (Wildman–Crippen LogP) is 3.05. The Bertz CT molecular complexity index is 394. The van der Waals surface area contributed by atoms with Gasteiger partial charge in [0.15, 0.2) is 0 Å². The summed E-state index contributed by atoms with van der Waals surface area (Å²) in [7, 11) is 1.68. The van der Waals surface area contributed by atoms with E-state index in [9.17, 15) is 5.11 Å². The zero-order chi connectivity index (χ0) is 13.0. The Kier molecular flexibility index (Phi) is 4.12. The van der Waals surface area contributed by atoms with Crippen molar-refractivity contribution in [3.8, 4) is 5.75 Å². The quantitative estimate of drug-likeness (QED) is 0.861. The molecule has 100 valence electrons. The molecule has 1 aliphatic rings. The minimum Gasteiger partial charge on any atom is -0.495 e. The Morgan fingerprint density at radius 3 is 2.89 bits per heavy atom.